The van der Waals surface area contributed by atoms with Crippen LogP contribution in [0.4, 0.5) is 4.39 Å². The van der Waals surface area contributed by atoms with Gasteiger partial charge in [0.05, 0.1) is 36.2 Å². The Kier molecular flexibility index (Phi) is 6.04. The molecule has 3 heterocycles. The first-order valence-corrected chi connectivity index (χ1v) is 9.30. The van der Waals surface area contributed by atoms with Crippen LogP contribution in [0.15, 0.2) is 35.1 Å². The fourth-order valence-electron chi connectivity index (χ4n) is 3.46. The van der Waals surface area contributed by atoms with Crippen molar-refractivity contribution in [3.05, 3.63) is 53.6 Å². The van der Waals surface area contributed by atoms with Crippen molar-refractivity contribution in [2.45, 2.75) is 26.9 Å². The summed E-state index contributed by atoms with van der Waals surface area (Å²) in [6.45, 7) is 7.04. The van der Waals surface area contributed by atoms with E-state index in [-0.39, 0.29) is 18.3 Å². The summed E-state index contributed by atoms with van der Waals surface area (Å²) in [6, 6.07) is 4.20. The van der Waals surface area contributed by atoms with Crippen molar-refractivity contribution in [2.75, 3.05) is 20.1 Å². The second-order valence-electron chi connectivity index (χ2n) is 6.83. The van der Waals surface area contributed by atoms with E-state index in [4.69, 9.17) is 4.42 Å². The van der Waals surface area contributed by atoms with Gasteiger partial charge in [0, 0.05) is 7.05 Å². The van der Waals surface area contributed by atoms with Crippen molar-refractivity contribution in [1.29, 1.82) is 0 Å². The fourth-order valence-corrected chi connectivity index (χ4v) is 3.46. The third-order valence-corrected chi connectivity index (χ3v) is 5.08. The first-order chi connectivity index (χ1) is 13.5. The largest absolute Gasteiger partial charge is 0.438 e. The number of carbonyl (C=O) groups excluding carboxylic acids is 1. The monoisotopic (exact) mass is 419 g/mol. The predicted octanol–water partition coefficient (Wildman–Crippen LogP) is 3.52. The average Bonchev–Trinajstić information content (AvgIpc) is 3.30. The molecule has 9 heteroatoms. The van der Waals surface area contributed by atoms with Crippen molar-refractivity contribution in [3.8, 4) is 17.3 Å². The minimum Gasteiger partial charge on any atom is -0.438 e. The number of amides is 1. The molecule has 0 aliphatic carbocycles. The van der Waals surface area contributed by atoms with Crippen LogP contribution < -0.4 is 0 Å². The second-order valence-corrected chi connectivity index (χ2v) is 6.83. The molecule has 4 rings (SSSR count). The summed E-state index contributed by atoms with van der Waals surface area (Å²) in [7, 11) is 1.69. The van der Waals surface area contributed by atoms with Crippen LogP contribution >= 0.6 is 12.4 Å². The number of halogens is 2. The van der Waals surface area contributed by atoms with Gasteiger partial charge in [-0.15, -0.1) is 12.4 Å². The third-order valence-electron chi connectivity index (χ3n) is 5.08. The summed E-state index contributed by atoms with van der Waals surface area (Å²) in [5.41, 5.74) is 2.26. The molecule has 3 aromatic rings. The first-order valence-electron chi connectivity index (χ1n) is 9.30. The molecule has 1 aliphatic heterocycles. The van der Waals surface area contributed by atoms with Gasteiger partial charge < -0.3 is 9.32 Å². The number of fused-ring (bicyclic) bond motifs is 3. The molecular weight excluding hydrogens is 397 g/mol. The molecule has 7 nitrogen and oxygen atoms in total. The van der Waals surface area contributed by atoms with Crippen molar-refractivity contribution >= 4 is 18.3 Å². The Morgan fingerprint density at radius 2 is 2.00 bits per heavy atom. The smallest absolute Gasteiger partial charge is 0.256 e. The van der Waals surface area contributed by atoms with E-state index in [1.165, 1.54) is 12.1 Å². The summed E-state index contributed by atoms with van der Waals surface area (Å²) < 4.78 is 21.5. The highest BCUT2D eigenvalue weighted by molar-refractivity contribution is 5.98. The van der Waals surface area contributed by atoms with Gasteiger partial charge in [-0.1, -0.05) is 13.8 Å². The van der Waals surface area contributed by atoms with Crippen molar-refractivity contribution < 1.29 is 13.6 Å². The molecule has 2 aromatic heterocycles. The van der Waals surface area contributed by atoms with Gasteiger partial charge in [-0.3, -0.25) is 14.3 Å². The molecule has 29 heavy (non-hydrogen) atoms. The molecule has 0 unspecified atom stereocenters. The quantitative estimate of drug-likeness (QED) is 0.633. The Labute approximate surface area is 174 Å². The molecule has 0 atom stereocenters. The summed E-state index contributed by atoms with van der Waals surface area (Å²) in [4.78, 5) is 25.3. The SMILES string of the molecule is CCN(CC)Cc1cnc(-c2ncn3c2CN(C)C(=O)c2cc(F)ccc2-3)o1.Cl. The van der Waals surface area contributed by atoms with Crippen molar-refractivity contribution in [1.82, 2.24) is 24.3 Å². The van der Waals surface area contributed by atoms with Gasteiger partial charge in [0.1, 0.15) is 23.6 Å². The molecule has 0 N–H and O–H groups in total. The molecule has 0 spiro atoms. The summed E-state index contributed by atoms with van der Waals surface area (Å²) >= 11 is 0. The molecule has 0 saturated heterocycles. The van der Waals surface area contributed by atoms with E-state index in [9.17, 15) is 9.18 Å². The number of carbonyl (C=O) groups is 1. The summed E-state index contributed by atoms with van der Waals surface area (Å²) in [5, 5.41) is 0. The molecule has 154 valence electrons. The van der Waals surface area contributed by atoms with E-state index in [0.29, 0.717) is 35.9 Å². The molecule has 0 saturated carbocycles. The molecule has 0 radical (unpaired) electrons. The highest BCUT2D eigenvalue weighted by atomic mass is 35.5. The van der Waals surface area contributed by atoms with Gasteiger partial charge in [-0.05, 0) is 31.3 Å². The first kappa shape index (κ1) is 21.0. The number of rotatable bonds is 5. The van der Waals surface area contributed by atoms with E-state index in [1.807, 2.05) is 0 Å². The Morgan fingerprint density at radius 1 is 1.24 bits per heavy atom. The number of nitrogens with zero attached hydrogens (tertiary/aromatic N) is 5. The second kappa shape index (κ2) is 8.34. The standard InChI is InChI=1S/C20H22FN5O2.ClH/c1-4-25(5-2)10-14-9-22-19(28-14)18-17-11-24(3)20(27)15-8-13(21)6-7-16(15)26(17)12-23-18;/h6-9,12H,4-5,10-11H2,1-3H3;1H. The molecule has 1 aliphatic rings. The number of hydrogen-bond donors (Lipinski definition) is 0. The van der Waals surface area contributed by atoms with Crippen LogP contribution in [0.3, 0.4) is 0 Å². The van der Waals surface area contributed by atoms with Crippen LogP contribution in [-0.2, 0) is 13.1 Å². The maximum atomic E-state index is 13.7. The minimum absolute atomic E-state index is 0. The van der Waals surface area contributed by atoms with Gasteiger partial charge in [0.2, 0.25) is 5.89 Å². The number of imidazole rings is 1. The number of hydrogen-bond acceptors (Lipinski definition) is 5. The van der Waals surface area contributed by atoms with Crippen LogP contribution in [0, 0.1) is 5.82 Å². The molecule has 1 amide bonds. The van der Waals surface area contributed by atoms with E-state index < -0.39 is 5.82 Å². The highest BCUT2D eigenvalue weighted by Crippen LogP contribution is 2.30. The molecule has 0 fully saturated rings. The molecule has 0 bridgehead atoms. The molecular formula is C20H23ClFN5O2. The van der Waals surface area contributed by atoms with E-state index in [0.717, 1.165) is 24.5 Å². The average molecular weight is 420 g/mol. The van der Waals surface area contributed by atoms with Crippen LogP contribution in [0.2, 0.25) is 0 Å². The van der Waals surface area contributed by atoms with Gasteiger partial charge in [-0.25, -0.2) is 14.4 Å². The Balaban J connectivity index is 0.00000240. The number of oxazole rings is 1. The van der Waals surface area contributed by atoms with Gasteiger partial charge in [-0.2, -0.15) is 0 Å². The highest BCUT2D eigenvalue weighted by Gasteiger charge is 2.28. The van der Waals surface area contributed by atoms with Gasteiger partial charge >= 0.3 is 0 Å². The Hall–Kier alpha value is -2.71. The maximum absolute atomic E-state index is 13.7. The van der Waals surface area contributed by atoms with E-state index in [1.54, 1.807) is 35.1 Å². The van der Waals surface area contributed by atoms with E-state index >= 15 is 0 Å². The fraction of sp³-hybridized carbons (Fsp3) is 0.350. The minimum atomic E-state index is -0.446. The van der Waals surface area contributed by atoms with Crippen LogP contribution in [0.25, 0.3) is 17.3 Å². The predicted molar refractivity (Wildman–Crippen MR) is 109 cm³/mol. The van der Waals surface area contributed by atoms with Crippen molar-refractivity contribution in [2.24, 2.45) is 0 Å². The lowest BCUT2D eigenvalue weighted by Crippen LogP contribution is -2.25. The molecule has 1 aromatic carbocycles. The number of benzene rings is 1. The zero-order valence-corrected chi connectivity index (χ0v) is 17.4. The topological polar surface area (TPSA) is 67.4 Å². The summed E-state index contributed by atoms with van der Waals surface area (Å²) in [6.07, 6.45) is 3.34. The Bertz CT molecular complexity index is 1030. The maximum Gasteiger partial charge on any atom is 0.256 e. The zero-order chi connectivity index (χ0) is 19.8. The lowest BCUT2D eigenvalue weighted by molar-refractivity contribution is 0.0787. The lowest BCUT2D eigenvalue weighted by atomic mass is 10.1. The lowest BCUT2D eigenvalue weighted by Gasteiger charge is -2.15. The number of aromatic nitrogens is 3. The van der Waals surface area contributed by atoms with Gasteiger partial charge in [0.15, 0.2) is 0 Å². The van der Waals surface area contributed by atoms with Crippen LogP contribution in [0.1, 0.15) is 35.7 Å². The normalized spacial score (nSPS) is 13.1. The summed E-state index contributed by atoms with van der Waals surface area (Å²) in [5.74, 6) is 0.500. The van der Waals surface area contributed by atoms with Crippen molar-refractivity contribution in [3.63, 3.8) is 0 Å². The van der Waals surface area contributed by atoms with Gasteiger partial charge in [0.25, 0.3) is 5.91 Å². The van der Waals surface area contributed by atoms with Crippen LogP contribution in [-0.4, -0.2) is 50.4 Å². The zero-order valence-electron chi connectivity index (χ0n) is 16.6. The van der Waals surface area contributed by atoms with Crippen LogP contribution in [0.5, 0.6) is 0 Å². The van der Waals surface area contributed by atoms with E-state index in [2.05, 4.69) is 28.7 Å². The third kappa shape index (κ3) is 3.77. The Morgan fingerprint density at radius 3 is 2.72 bits per heavy atom.